The lowest BCUT2D eigenvalue weighted by Gasteiger charge is -2.11. The first-order chi connectivity index (χ1) is 7.41. The number of carbonyl (C=O) groups is 1. The Kier molecular flexibility index (Phi) is 5.10. The van der Waals surface area contributed by atoms with Gasteiger partial charge in [0.25, 0.3) is 0 Å². The van der Waals surface area contributed by atoms with Gasteiger partial charge in [-0.2, -0.15) is 8.78 Å². The highest BCUT2D eigenvalue weighted by molar-refractivity contribution is 14.1. The Hall–Kier alpha value is -0.240. The molecule has 0 N–H and O–H groups in total. The number of halogens is 4. The molecule has 0 heterocycles. The van der Waals surface area contributed by atoms with Crippen molar-refractivity contribution in [2.45, 2.75) is 18.4 Å². The largest absolute Gasteiger partial charge is 0.434 e. The predicted molar refractivity (Wildman–Crippen MR) is 68.5 cm³/mol. The van der Waals surface area contributed by atoms with Crippen LogP contribution in [0.4, 0.5) is 8.78 Å². The van der Waals surface area contributed by atoms with Gasteiger partial charge in [-0.1, -0.05) is 15.9 Å². The molecule has 0 saturated carbocycles. The van der Waals surface area contributed by atoms with Gasteiger partial charge >= 0.3 is 6.61 Å². The zero-order chi connectivity index (χ0) is 12.3. The summed E-state index contributed by atoms with van der Waals surface area (Å²) in [5.74, 6) is -0.370. The summed E-state index contributed by atoms with van der Waals surface area (Å²) in [6.45, 7) is -1.30. The molecule has 0 saturated heterocycles. The Labute approximate surface area is 114 Å². The maximum absolute atomic E-state index is 12.1. The van der Waals surface area contributed by atoms with Crippen molar-refractivity contribution in [2.75, 3.05) is 0 Å². The number of ketones is 1. The van der Waals surface area contributed by atoms with Gasteiger partial charge in [0.15, 0.2) is 5.78 Å². The molecule has 1 atom stereocenters. The first-order valence-corrected chi connectivity index (χ1v) is 6.34. The molecular weight excluding hydrogens is 397 g/mol. The van der Waals surface area contributed by atoms with E-state index in [2.05, 4.69) is 20.7 Å². The molecule has 6 heteroatoms. The molecule has 0 aliphatic rings. The molecule has 0 aliphatic heterocycles. The third kappa shape index (κ3) is 3.65. The van der Waals surface area contributed by atoms with Gasteiger partial charge in [-0.25, -0.2) is 0 Å². The van der Waals surface area contributed by atoms with Crippen LogP contribution in [-0.2, 0) is 0 Å². The van der Waals surface area contributed by atoms with E-state index in [0.717, 1.165) is 3.57 Å². The molecule has 88 valence electrons. The molecule has 1 aromatic rings. The monoisotopic (exact) mass is 404 g/mol. The highest BCUT2D eigenvalue weighted by Crippen LogP contribution is 2.26. The Bertz CT molecular complexity index is 396. The molecule has 0 aromatic heterocycles. The second kappa shape index (κ2) is 5.90. The number of hydrogen-bond donors (Lipinski definition) is 0. The third-order valence-electron chi connectivity index (χ3n) is 1.79. The molecule has 0 bridgehead atoms. The van der Waals surface area contributed by atoms with Crippen LogP contribution in [0, 0.1) is 3.57 Å². The second-order valence-electron chi connectivity index (χ2n) is 3.00. The third-order valence-corrected chi connectivity index (χ3v) is 2.87. The molecule has 1 unspecified atom stereocenters. The molecular formula is C10H8BrF2IO2. The molecule has 16 heavy (non-hydrogen) atoms. The number of Topliss-reactive ketones (excluding diaryl/α,β-unsaturated/α-hetero) is 1. The summed E-state index contributed by atoms with van der Waals surface area (Å²) < 4.78 is 29.3. The summed E-state index contributed by atoms with van der Waals surface area (Å²) in [6.07, 6.45) is 0. The minimum atomic E-state index is -2.93. The number of rotatable bonds is 4. The first kappa shape index (κ1) is 13.8. The van der Waals surface area contributed by atoms with Gasteiger partial charge in [0.1, 0.15) is 5.75 Å². The molecule has 0 spiro atoms. The summed E-state index contributed by atoms with van der Waals surface area (Å²) in [7, 11) is 0. The Morgan fingerprint density at radius 2 is 2.12 bits per heavy atom. The van der Waals surface area contributed by atoms with Crippen LogP contribution < -0.4 is 4.74 Å². The van der Waals surface area contributed by atoms with Gasteiger partial charge in [0, 0.05) is 3.57 Å². The Balaban J connectivity index is 3.12. The molecule has 0 fully saturated rings. The van der Waals surface area contributed by atoms with Gasteiger partial charge in [-0.3, -0.25) is 4.79 Å². The number of benzene rings is 1. The van der Waals surface area contributed by atoms with Gasteiger partial charge in [-0.15, -0.1) is 0 Å². The smallest absolute Gasteiger partial charge is 0.387 e. The maximum atomic E-state index is 12.1. The average Bonchev–Trinajstić information content (AvgIpc) is 2.15. The minimum Gasteiger partial charge on any atom is -0.434 e. The van der Waals surface area contributed by atoms with Crippen molar-refractivity contribution in [3.63, 3.8) is 0 Å². The van der Waals surface area contributed by atoms with Crippen LogP contribution in [0.15, 0.2) is 18.2 Å². The van der Waals surface area contributed by atoms with Crippen LogP contribution >= 0.6 is 38.5 Å². The van der Waals surface area contributed by atoms with Crippen molar-refractivity contribution in [1.29, 1.82) is 0 Å². The van der Waals surface area contributed by atoms with Crippen LogP contribution in [0.25, 0.3) is 0 Å². The fraction of sp³-hybridized carbons (Fsp3) is 0.300. The van der Waals surface area contributed by atoms with Crippen LogP contribution in [0.1, 0.15) is 17.3 Å². The van der Waals surface area contributed by atoms with E-state index in [-0.39, 0.29) is 17.1 Å². The standard InChI is InChI=1S/C10H8BrF2IO2/c1-5(11)9(15)7-3-2-6(14)4-8(7)16-10(12)13/h2-5,10H,1H3. The molecule has 1 aromatic carbocycles. The van der Waals surface area contributed by atoms with E-state index in [1.54, 1.807) is 13.0 Å². The van der Waals surface area contributed by atoms with Crippen LogP contribution in [-0.4, -0.2) is 17.2 Å². The average molecular weight is 405 g/mol. The van der Waals surface area contributed by atoms with Crippen LogP contribution in [0.5, 0.6) is 5.75 Å². The first-order valence-electron chi connectivity index (χ1n) is 4.34. The molecule has 0 amide bonds. The zero-order valence-electron chi connectivity index (χ0n) is 8.22. The normalized spacial score (nSPS) is 12.6. The minimum absolute atomic E-state index is 0.0850. The SMILES string of the molecule is CC(Br)C(=O)c1ccc(I)cc1OC(F)F. The summed E-state index contributed by atoms with van der Waals surface area (Å²) in [6, 6.07) is 4.57. The molecule has 0 aliphatic carbocycles. The lowest BCUT2D eigenvalue weighted by molar-refractivity contribution is -0.0501. The van der Waals surface area contributed by atoms with Gasteiger partial charge in [0.2, 0.25) is 0 Å². The van der Waals surface area contributed by atoms with E-state index in [1.807, 2.05) is 22.6 Å². The summed E-state index contributed by atoms with van der Waals surface area (Å²) >= 11 is 5.06. The number of hydrogen-bond acceptors (Lipinski definition) is 2. The Morgan fingerprint density at radius 1 is 1.50 bits per heavy atom. The predicted octanol–water partition coefficient (Wildman–Crippen LogP) is 3.86. The van der Waals surface area contributed by atoms with Crippen molar-refractivity contribution in [2.24, 2.45) is 0 Å². The van der Waals surface area contributed by atoms with Crippen LogP contribution in [0.3, 0.4) is 0 Å². The second-order valence-corrected chi connectivity index (χ2v) is 5.62. The van der Waals surface area contributed by atoms with Gasteiger partial charge < -0.3 is 4.74 Å². The van der Waals surface area contributed by atoms with E-state index in [9.17, 15) is 13.6 Å². The quantitative estimate of drug-likeness (QED) is 0.432. The molecule has 0 radical (unpaired) electrons. The summed E-state index contributed by atoms with van der Waals surface area (Å²) in [5.41, 5.74) is 0.157. The Morgan fingerprint density at radius 3 is 2.62 bits per heavy atom. The van der Waals surface area contributed by atoms with E-state index in [0.29, 0.717) is 0 Å². The van der Waals surface area contributed by atoms with Crippen molar-refractivity contribution >= 4 is 44.3 Å². The number of alkyl halides is 3. The number of carbonyl (C=O) groups excluding carboxylic acids is 1. The van der Waals surface area contributed by atoms with Gasteiger partial charge in [0.05, 0.1) is 10.4 Å². The molecule has 1 rings (SSSR count). The topological polar surface area (TPSA) is 26.3 Å². The highest BCUT2D eigenvalue weighted by atomic mass is 127. The van der Waals surface area contributed by atoms with Crippen molar-refractivity contribution in [1.82, 2.24) is 0 Å². The van der Waals surface area contributed by atoms with Crippen LogP contribution in [0.2, 0.25) is 0 Å². The van der Waals surface area contributed by atoms with E-state index in [4.69, 9.17) is 0 Å². The molecule has 2 nitrogen and oxygen atoms in total. The summed E-state index contributed by atoms with van der Waals surface area (Å²) in [5, 5.41) is 0. The highest BCUT2D eigenvalue weighted by Gasteiger charge is 2.19. The lowest BCUT2D eigenvalue weighted by Crippen LogP contribution is -2.13. The number of ether oxygens (including phenoxy) is 1. The fourth-order valence-corrected chi connectivity index (χ4v) is 1.82. The van der Waals surface area contributed by atoms with E-state index < -0.39 is 11.4 Å². The maximum Gasteiger partial charge on any atom is 0.387 e. The van der Waals surface area contributed by atoms with Gasteiger partial charge in [-0.05, 0) is 47.7 Å². The van der Waals surface area contributed by atoms with E-state index in [1.165, 1.54) is 12.1 Å². The summed E-state index contributed by atoms with van der Waals surface area (Å²) in [4.78, 5) is 11.2. The van der Waals surface area contributed by atoms with E-state index >= 15 is 0 Å². The zero-order valence-corrected chi connectivity index (χ0v) is 12.0. The van der Waals surface area contributed by atoms with Crippen molar-refractivity contribution < 1.29 is 18.3 Å². The fourth-order valence-electron chi connectivity index (χ4n) is 1.11. The lowest BCUT2D eigenvalue weighted by atomic mass is 10.1. The van der Waals surface area contributed by atoms with Crippen molar-refractivity contribution in [3.05, 3.63) is 27.3 Å². The van der Waals surface area contributed by atoms with Crippen molar-refractivity contribution in [3.8, 4) is 5.75 Å².